The number of hydrogen-bond donors (Lipinski definition) is 1. The van der Waals surface area contributed by atoms with Crippen LogP contribution < -0.4 is 5.32 Å². The summed E-state index contributed by atoms with van der Waals surface area (Å²) >= 11 is 6.08. The summed E-state index contributed by atoms with van der Waals surface area (Å²) in [7, 11) is 0. The van der Waals surface area contributed by atoms with Crippen molar-refractivity contribution in [3.05, 3.63) is 58.6 Å². The maximum atomic E-state index is 12.7. The van der Waals surface area contributed by atoms with E-state index < -0.39 is 0 Å². The molecule has 114 valence electrons. The summed E-state index contributed by atoms with van der Waals surface area (Å²) < 4.78 is 0. The zero-order valence-electron chi connectivity index (χ0n) is 12.3. The molecule has 1 fully saturated rings. The van der Waals surface area contributed by atoms with Crippen molar-refractivity contribution in [1.29, 1.82) is 0 Å². The Morgan fingerprint density at radius 2 is 2.23 bits per heavy atom. The van der Waals surface area contributed by atoms with Crippen LogP contribution in [0.4, 0.5) is 0 Å². The van der Waals surface area contributed by atoms with E-state index in [-0.39, 0.29) is 11.9 Å². The zero-order valence-corrected chi connectivity index (χ0v) is 13.0. The van der Waals surface area contributed by atoms with Gasteiger partial charge in [0.15, 0.2) is 0 Å². The van der Waals surface area contributed by atoms with Gasteiger partial charge in [-0.05, 0) is 24.6 Å². The Morgan fingerprint density at radius 3 is 2.95 bits per heavy atom. The maximum absolute atomic E-state index is 12.7. The van der Waals surface area contributed by atoms with Gasteiger partial charge in [0.25, 0.3) is 5.91 Å². The van der Waals surface area contributed by atoms with Crippen LogP contribution in [0.3, 0.4) is 0 Å². The number of carbonyl (C=O) groups is 1. The smallest absolute Gasteiger partial charge is 0.274 e. The molecule has 0 saturated carbocycles. The highest BCUT2D eigenvalue weighted by molar-refractivity contribution is 6.30. The van der Waals surface area contributed by atoms with Gasteiger partial charge < -0.3 is 10.2 Å². The topological polar surface area (TPSA) is 58.1 Å². The molecule has 3 rings (SSSR count). The van der Waals surface area contributed by atoms with Crippen molar-refractivity contribution in [3.63, 3.8) is 0 Å². The number of carbonyl (C=O) groups excluding carboxylic acids is 1. The average molecular weight is 317 g/mol. The summed E-state index contributed by atoms with van der Waals surface area (Å²) in [6, 6.07) is 7.58. The number of aryl methyl sites for hydroxylation is 1. The molecule has 1 atom stereocenters. The minimum Gasteiger partial charge on any atom is -0.328 e. The van der Waals surface area contributed by atoms with Gasteiger partial charge in [-0.2, -0.15) is 0 Å². The number of nitrogens with one attached hydrogen (secondary N) is 1. The first-order valence-electron chi connectivity index (χ1n) is 7.21. The van der Waals surface area contributed by atoms with Crippen molar-refractivity contribution in [2.24, 2.45) is 0 Å². The van der Waals surface area contributed by atoms with Crippen LogP contribution in [0.15, 0.2) is 36.7 Å². The van der Waals surface area contributed by atoms with Crippen molar-refractivity contribution >= 4 is 17.5 Å². The van der Waals surface area contributed by atoms with Gasteiger partial charge in [0.2, 0.25) is 0 Å². The fourth-order valence-electron chi connectivity index (χ4n) is 2.61. The third-order valence-corrected chi connectivity index (χ3v) is 3.97. The normalized spacial score (nSPS) is 18.3. The lowest BCUT2D eigenvalue weighted by Crippen LogP contribution is -2.48. The minimum absolute atomic E-state index is 0.0527. The van der Waals surface area contributed by atoms with Crippen molar-refractivity contribution in [2.45, 2.75) is 13.0 Å². The predicted octanol–water partition coefficient (Wildman–Crippen LogP) is 2.23. The average Bonchev–Trinajstić information content (AvgIpc) is 2.55. The first-order valence-corrected chi connectivity index (χ1v) is 7.59. The highest BCUT2D eigenvalue weighted by Gasteiger charge is 2.29. The van der Waals surface area contributed by atoms with Gasteiger partial charge in [-0.25, -0.2) is 4.98 Å². The van der Waals surface area contributed by atoms with Crippen LogP contribution in [-0.2, 0) is 0 Å². The maximum Gasteiger partial charge on any atom is 0.274 e. The number of benzene rings is 1. The van der Waals surface area contributed by atoms with E-state index in [0.717, 1.165) is 17.8 Å². The lowest BCUT2D eigenvalue weighted by Gasteiger charge is -2.36. The monoisotopic (exact) mass is 316 g/mol. The summed E-state index contributed by atoms with van der Waals surface area (Å²) in [5.74, 6) is -0.0982. The highest BCUT2D eigenvalue weighted by atomic mass is 35.5. The summed E-state index contributed by atoms with van der Waals surface area (Å²) in [5, 5.41) is 4.00. The molecule has 1 saturated heterocycles. The Balaban J connectivity index is 1.89. The fraction of sp³-hybridized carbons (Fsp3) is 0.312. The molecule has 6 heteroatoms. The lowest BCUT2D eigenvalue weighted by molar-refractivity contribution is 0.0627. The number of amides is 1. The van der Waals surface area contributed by atoms with Crippen LogP contribution in [0.2, 0.25) is 5.02 Å². The summed E-state index contributed by atoms with van der Waals surface area (Å²) in [5.41, 5.74) is 2.19. The molecule has 1 N–H and O–H groups in total. The number of halogens is 1. The predicted molar refractivity (Wildman–Crippen MR) is 84.9 cm³/mol. The lowest BCUT2D eigenvalue weighted by atomic mass is 10.0. The van der Waals surface area contributed by atoms with E-state index in [9.17, 15) is 4.79 Å². The SMILES string of the molecule is Cc1cnc(C(=O)N2CCNCC2c2cccc(Cl)c2)cn1. The van der Waals surface area contributed by atoms with Crippen molar-refractivity contribution in [2.75, 3.05) is 19.6 Å². The molecular weight excluding hydrogens is 300 g/mol. The molecule has 1 aromatic heterocycles. The summed E-state index contributed by atoms with van der Waals surface area (Å²) in [6.45, 7) is 3.94. The molecule has 2 heterocycles. The van der Waals surface area contributed by atoms with E-state index in [1.807, 2.05) is 36.1 Å². The van der Waals surface area contributed by atoms with Crippen LogP contribution in [-0.4, -0.2) is 40.4 Å². The molecule has 0 radical (unpaired) electrons. The van der Waals surface area contributed by atoms with Gasteiger partial charge in [-0.3, -0.25) is 9.78 Å². The van der Waals surface area contributed by atoms with Crippen molar-refractivity contribution in [3.8, 4) is 0 Å². The second kappa shape index (κ2) is 6.42. The van der Waals surface area contributed by atoms with E-state index in [2.05, 4.69) is 15.3 Å². The molecule has 0 aliphatic carbocycles. The number of nitrogens with zero attached hydrogens (tertiary/aromatic N) is 3. The molecule has 0 bridgehead atoms. The van der Waals surface area contributed by atoms with Crippen LogP contribution in [0.25, 0.3) is 0 Å². The van der Waals surface area contributed by atoms with Gasteiger partial charge in [0.1, 0.15) is 5.69 Å². The molecule has 1 unspecified atom stereocenters. The fourth-order valence-corrected chi connectivity index (χ4v) is 2.81. The van der Waals surface area contributed by atoms with Crippen LogP contribution in [0.5, 0.6) is 0 Å². The van der Waals surface area contributed by atoms with E-state index in [4.69, 9.17) is 11.6 Å². The summed E-state index contributed by atoms with van der Waals surface area (Å²) in [6.07, 6.45) is 3.15. The van der Waals surface area contributed by atoms with Gasteiger partial charge in [0.05, 0.1) is 17.9 Å². The Kier molecular flexibility index (Phi) is 4.36. The third kappa shape index (κ3) is 3.10. The molecule has 1 amide bonds. The molecule has 1 aromatic carbocycles. The molecule has 5 nitrogen and oxygen atoms in total. The molecule has 0 spiro atoms. The van der Waals surface area contributed by atoms with E-state index in [1.165, 1.54) is 6.20 Å². The second-order valence-electron chi connectivity index (χ2n) is 5.32. The highest BCUT2D eigenvalue weighted by Crippen LogP contribution is 2.25. The first kappa shape index (κ1) is 14.9. The first-order chi connectivity index (χ1) is 10.6. The van der Waals surface area contributed by atoms with E-state index in [1.54, 1.807) is 6.20 Å². The van der Waals surface area contributed by atoms with Crippen molar-refractivity contribution < 1.29 is 4.79 Å². The van der Waals surface area contributed by atoms with E-state index in [0.29, 0.717) is 23.8 Å². The second-order valence-corrected chi connectivity index (χ2v) is 5.75. The minimum atomic E-state index is -0.0982. The molecule has 22 heavy (non-hydrogen) atoms. The Hall–Kier alpha value is -1.98. The Bertz CT molecular complexity index is 674. The number of rotatable bonds is 2. The number of aromatic nitrogens is 2. The van der Waals surface area contributed by atoms with E-state index >= 15 is 0 Å². The van der Waals surface area contributed by atoms with Crippen LogP contribution in [0, 0.1) is 6.92 Å². The largest absolute Gasteiger partial charge is 0.328 e. The third-order valence-electron chi connectivity index (χ3n) is 3.74. The molecule has 2 aromatic rings. The van der Waals surface area contributed by atoms with Gasteiger partial charge in [0, 0.05) is 30.9 Å². The van der Waals surface area contributed by atoms with Crippen LogP contribution in [0.1, 0.15) is 27.8 Å². The molecular formula is C16H17ClN4O. The molecule has 1 aliphatic heterocycles. The standard InChI is InChI=1S/C16H17ClN4O/c1-11-8-20-14(9-19-11)16(22)21-6-5-18-10-15(21)12-3-2-4-13(17)7-12/h2-4,7-9,15,18H,5-6,10H2,1H3. The number of hydrogen-bond acceptors (Lipinski definition) is 4. The van der Waals surface area contributed by atoms with Gasteiger partial charge >= 0.3 is 0 Å². The number of piperazine rings is 1. The van der Waals surface area contributed by atoms with Crippen LogP contribution >= 0.6 is 11.6 Å². The zero-order chi connectivity index (χ0) is 15.5. The van der Waals surface area contributed by atoms with Gasteiger partial charge in [-0.1, -0.05) is 23.7 Å². The van der Waals surface area contributed by atoms with Gasteiger partial charge in [-0.15, -0.1) is 0 Å². The Morgan fingerprint density at radius 1 is 1.36 bits per heavy atom. The Labute approximate surface area is 134 Å². The summed E-state index contributed by atoms with van der Waals surface area (Å²) in [4.78, 5) is 22.9. The molecule has 1 aliphatic rings. The van der Waals surface area contributed by atoms with Crippen molar-refractivity contribution in [1.82, 2.24) is 20.2 Å². The quantitative estimate of drug-likeness (QED) is 0.923.